The lowest BCUT2D eigenvalue weighted by Gasteiger charge is -2.67. The van der Waals surface area contributed by atoms with Crippen LogP contribution in [0.3, 0.4) is 0 Å². The van der Waals surface area contributed by atoms with Crippen LogP contribution in [0.2, 0.25) is 0 Å². The molecule has 13 atom stereocenters. The molecule has 28 heavy (non-hydrogen) atoms. The smallest absolute Gasteiger partial charge is 0.302 e. The monoisotopic (exact) mass is 387 g/mol. The van der Waals surface area contributed by atoms with Gasteiger partial charge in [0.1, 0.15) is 11.7 Å². The molecule has 6 nitrogen and oxygen atoms in total. The lowest BCUT2D eigenvalue weighted by Crippen LogP contribution is -2.76. The maximum Gasteiger partial charge on any atom is 0.302 e. The van der Waals surface area contributed by atoms with Crippen LogP contribution in [0.15, 0.2) is 12.2 Å². The molecule has 3 aliphatic heterocycles. The van der Waals surface area contributed by atoms with E-state index in [0.29, 0.717) is 24.8 Å². The number of ether oxygens (including phenoxy) is 1. The second kappa shape index (κ2) is 4.25. The molecule has 0 radical (unpaired) electrons. The van der Waals surface area contributed by atoms with Crippen LogP contribution in [0.1, 0.15) is 39.5 Å². The summed E-state index contributed by atoms with van der Waals surface area (Å²) in [5.41, 5.74) is -1.07. The van der Waals surface area contributed by atoms with Crippen molar-refractivity contribution < 1.29 is 24.9 Å². The molecular weight excluding hydrogens is 358 g/mol. The van der Waals surface area contributed by atoms with Gasteiger partial charge < -0.3 is 20.1 Å². The number of esters is 1. The van der Waals surface area contributed by atoms with E-state index in [-0.39, 0.29) is 34.9 Å². The summed E-state index contributed by atoms with van der Waals surface area (Å²) in [5.74, 6) is -0.379. The van der Waals surface area contributed by atoms with Gasteiger partial charge in [0.25, 0.3) is 0 Å². The third-order valence-electron chi connectivity index (χ3n) is 10.6. The van der Waals surface area contributed by atoms with Gasteiger partial charge in [0.15, 0.2) is 0 Å². The van der Waals surface area contributed by atoms with Gasteiger partial charge in [-0.25, -0.2) is 0 Å². The number of aliphatic hydroxyl groups excluding tert-OH is 2. The fourth-order valence-corrected chi connectivity index (χ4v) is 11.0. The fourth-order valence-electron chi connectivity index (χ4n) is 11.0. The van der Waals surface area contributed by atoms with Crippen molar-refractivity contribution in [2.45, 2.75) is 75.5 Å². The summed E-state index contributed by atoms with van der Waals surface area (Å²) in [6, 6.07) is 0.245. The molecule has 3 heterocycles. The second-order valence-corrected chi connectivity index (χ2v) is 11.5. The van der Waals surface area contributed by atoms with Crippen molar-refractivity contribution in [1.82, 2.24) is 4.90 Å². The number of piperidine rings is 2. The molecule has 6 heteroatoms. The summed E-state index contributed by atoms with van der Waals surface area (Å²) in [5, 5.41) is 35.1. The molecule has 6 aliphatic carbocycles. The highest BCUT2D eigenvalue weighted by molar-refractivity contribution is 5.66. The van der Waals surface area contributed by atoms with Gasteiger partial charge >= 0.3 is 5.97 Å². The normalized spacial score (nSPS) is 69.3. The first-order valence-electron chi connectivity index (χ1n) is 10.8. The predicted molar refractivity (Wildman–Crippen MR) is 97.9 cm³/mol. The van der Waals surface area contributed by atoms with Gasteiger partial charge in [-0.2, -0.15) is 0 Å². The molecule has 0 aromatic rings. The zero-order chi connectivity index (χ0) is 19.6. The molecule has 9 rings (SSSR count). The number of hydrogen-bond acceptors (Lipinski definition) is 6. The van der Waals surface area contributed by atoms with Gasteiger partial charge in [0, 0.05) is 48.2 Å². The molecule has 9 bridgehead atoms. The summed E-state index contributed by atoms with van der Waals surface area (Å²) in [6.45, 7) is 8.85. The molecule has 6 saturated carbocycles. The Kier molecular flexibility index (Phi) is 2.55. The molecule has 9 fully saturated rings. The summed E-state index contributed by atoms with van der Waals surface area (Å²) >= 11 is 0. The van der Waals surface area contributed by atoms with E-state index in [1.165, 1.54) is 6.92 Å². The lowest BCUT2D eigenvalue weighted by molar-refractivity contribution is -0.280. The Labute approximate surface area is 164 Å². The van der Waals surface area contributed by atoms with Gasteiger partial charge in [-0.05, 0) is 37.0 Å². The van der Waals surface area contributed by atoms with Crippen LogP contribution in [-0.4, -0.2) is 68.7 Å². The predicted octanol–water partition coefficient (Wildman–Crippen LogP) is 0.450. The van der Waals surface area contributed by atoms with Crippen molar-refractivity contribution in [2.75, 3.05) is 6.54 Å². The second-order valence-electron chi connectivity index (χ2n) is 11.5. The minimum Gasteiger partial charge on any atom is -0.463 e. The minimum absolute atomic E-state index is 0.0237. The van der Waals surface area contributed by atoms with Gasteiger partial charge in [-0.1, -0.05) is 19.1 Å². The van der Waals surface area contributed by atoms with Gasteiger partial charge in [0.2, 0.25) is 0 Å². The molecule has 7 unspecified atom stereocenters. The third-order valence-corrected chi connectivity index (χ3v) is 10.6. The zero-order valence-electron chi connectivity index (χ0n) is 16.5. The van der Waals surface area contributed by atoms with E-state index < -0.39 is 29.1 Å². The maximum absolute atomic E-state index is 12.2. The van der Waals surface area contributed by atoms with Crippen molar-refractivity contribution in [2.24, 2.45) is 34.0 Å². The van der Waals surface area contributed by atoms with Crippen LogP contribution >= 0.6 is 0 Å². The minimum atomic E-state index is -1.20. The number of rotatable bonds is 1. The van der Waals surface area contributed by atoms with Crippen LogP contribution in [0.5, 0.6) is 0 Å². The summed E-state index contributed by atoms with van der Waals surface area (Å²) < 4.78 is 5.75. The molecule has 9 aliphatic rings. The average molecular weight is 387 g/mol. The SMILES string of the molecule is C=C1C[C@@]23CC4C5C6(C)C[C@H](OC(C)=O)CC57C2[C@H](O)C1[C@@H](O)[C@]3(O)[C@H]7N4C6. The van der Waals surface area contributed by atoms with Crippen LogP contribution in [0.4, 0.5) is 0 Å². The number of nitrogens with zero attached hydrogens (tertiary/aromatic N) is 1. The molecule has 0 aromatic heterocycles. The van der Waals surface area contributed by atoms with Crippen LogP contribution in [-0.2, 0) is 9.53 Å². The first-order valence-corrected chi connectivity index (χ1v) is 10.8. The number of carbonyl (C=O) groups is 1. The Bertz CT molecular complexity index is 860. The Morgan fingerprint density at radius 3 is 2.71 bits per heavy atom. The first kappa shape index (κ1) is 16.8. The lowest BCUT2D eigenvalue weighted by atomic mass is 9.39. The summed E-state index contributed by atoms with van der Waals surface area (Å²) in [4.78, 5) is 14.3. The highest BCUT2D eigenvalue weighted by Crippen LogP contribution is 2.88. The van der Waals surface area contributed by atoms with Gasteiger partial charge in [-0.3, -0.25) is 9.69 Å². The van der Waals surface area contributed by atoms with Crippen molar-refractivity contribution in [3.8, 4) is 0 Å². The quantitative estimate of drug-likeness (QED) is 0.447. The highest BCUT2D eigenvalue weighted by Gasteiger charge is 2.94. The van der Waals surface area contributed by atoms with E-state index in [0.717, 1.165) is 25.0 Å². The van der Waals surface area contributed by atoms with E-state index in [4.69, 9.17) is 4.74 Å². The zero-order valence-corrected chi connectivity index (χ0v) is 16.5. The number of fused-ring (bicyclic) bond motifs is 1. The van der Waals surface area contributed by atoms with E-state index in [9.17, 15) is 20.1 Å². The van der Waals surface area contributed by atoms with Crippen molar-refractivity contribution in [3.05, 3.63) is 12.2 Å². The van der Waals surface area contributed by atoms with Gasteiger partial charge in [0.05, 0.1) is 12.2 Å². The topological polar surface area (TPSA) is 90.2 Å². The summed E-state index contributed by atoms with van der Waals surface area (Å²) in [7, 11) is 0. The van der Waals surface area contributed by atoms with E-state index in [1.807, 2.05) is 0 Å². The van der Waals surface area contributed by atoms with E-state index in [2.05, 4.69) is 18.4 Å². The Balaban J connectivity index is 1.49. The fraction of sp³-hybridized carbons (Fsp3) is 0.864. The van der Waals surface area contributed by atoms with Crippen LogP contribution in [0, 0.1) is 34.0 Å². The number of aliphatic hydroxyl groups is 3. The Hall–Kier alpha value is -0.950. The Morgan fingerprint density at radius 1 is 1.25 bits per heavy atom. The third kappa shape index (κ3) is 1.26. The average Bonchev–Trinajstić information content (AvgIpc) is 2.97. The molecule has 3 saturated heterocycles. The largest absolute Gasteiger partial charge is 0.463 e. The molecule has 2 spiro atoms. The first-order chi connectivity index (χ1) is 13.1. The molecule has 3 N–H and O–H groups in total. The van der Waals surface area contributed by atoms with Crippen LogP contribution < -0.4 is 0 Å². The van der Waals surface area contributed by atoms with Gasteiger partial charge in [-0.15, -0.1) is 0 Å². The van der Waals surface area contributed by atoms with Crippen molar-refractivity contribution in [1.29, 1.82) is 0 Å². The van der Waals surface area contributed by atoms with Crippen molar-refractivity contribution in [3.63, 3.8) is 0 Å². The Morgan fingerprint density at radius 2 is 2.00 bits per heavy atom. The number of carbonyl (C=O) groups excluding carboxylic acids is 1. The molecule has 0 amide bonds. The molecule has 152 valence electrons. The standard InChI is InChI=1S/C22H29NO5/c1-9-4-20-7-12-15-19(3)5-11(28-10(2)24)6-21(15)16(20)14(25)13(9)17(26)22(20,27)18(21)23(12)8-19/h11-18,25-27H,1,4-8H2,2-3H3/t11-,12?,13?,14+,15?,16?,17+,18-,19?,20+,21?,22-/m0/s1. The highest BCUT2D eigenvalue weighted by atomic mass is 16.5. The molecular formula is C22H29NO5. The molecule has 0 aromatic carbocycles. The van der Waals surface area contributed by atoms with Crippen molar-refractivity contribution >= 4 is 5.97 Å². The van der Waals surface area contributed by atoms with Crippen LogP contribution in [0.25, 0.3) is 0 Å². The summed E-state index contributed by atoms with van der Waals surface area (Å²) in [6.07, 6.45) is 1.27. The van der Waals surface area contributed by atoms with E-state index in [1.54, 1.807) is 0 Å². The number of hydrogen-bond donors (Lipinski definition) is 3. The van der Waals surface area contributed by atoms with E-state index >= 15 is 0 Å². The maximum atomic E-state index is 12.2.